The highest BCUT2D eigenvalue weighted by molar-refractivity contribution is 8.01. The number of nitrogens with zero attached hydrogens (tertiary/aromatic N) is 7. The molecule has 0 aromatic carbocycles. The van der Waals surface area contributed by atoms with Gasteiger partial charge >= 0.3 is 13.6 Å². The molecule has 2 amide bonds. The Kier molecular flexibility index (Phi) is 8.38. The van der Waals surface area contributed by atoms with Gasteiger partial charge in [0.2, 0.25) is 5.16 Å². The van der Waals surface area contributed by atoms with E-state index in [1.165, 1.54) is 33.6 Å². The lowest BCUT2D eigenvalue weighted by Crippen LogP contribution is -2.71. The number of nitrogens with one attached hydrogen (secondary N) is 1. The van der Waals surface area contributed by atoms with Crippen LogP contribution in [-0.4, -0.2) is 104 Å². The molecular formula is C17H20N9O8PS3. The van der Waals surface area contributed by atoms with E-state index in [9.17, 15) is 24.1 Å². The fourth-order valence-electron chi connectivity index (χ4n) is 3.37. The summed E-state index contributed by atoms with van der Waals surface area (Å²) in [6.07, 6.45) is -0.628. The van der Waals surface area contributed by atoms with Crippen LogP contribution in [0, 0.1) is 0 Å². The average Bonchev–Trinajstić information content (AvgIpc) is 3.46. The number of rotatable bonds is 11. The number of aryl methyl sites for hydroxylation is 1. The first-order chi connectivity index (χ1) is 18.0. The lowest BCUT2D eigenvalue weighted by Gasteiger charge is -2.49. The molecule has 0 radical (unpaired) electrons. The SMILES string of the molecule is Cn1nnnc1SCC1=C(C(=O)O)N2C(=O)C(NC(=O)/C(=N/OCCP(=O)(O)O)c3csc(N)n3)[C@H]2SC1. The molecule has 204 valence electrons. The first kappa shape index (κ1) is 28.0. The number of carboxylic acids is 1. The van der Waals surface area contributed by atoms with Gasteiger partial charge in [-0.25, -0.2) is 14.5 Å². The molecule has 2 atom stereocenters. The second-order valence-corrected chi connectivity index (χ2v) is 12.4. The van der Waals surface area contributed by atoms with E-state index in [-0.39, 0.29) is 33.7 Å². The molecule has 0 spiro atoms. The van der Waals surface area contributed by atoms with Crippen molar-refractivity contribution in [1.29, 1.82) is 0 Å². The number of aliphatic carboxylic acids is 1. The molecule has 1 fully saturated rings. The molecule has 17 nitrogen and oxygen atoms in total. The summed E-state index contributed by atoms with van der Waals surface area (Å²) in [5.41, 5.74) is 5.65. The van der Waals surface area contributed by atoms with Crippen molar-refractivity contribution in [2.45, 2.75) is 16.6 Å². The highest BCUT2D eigenvalue weighted by atomic mass is 32.2. The molecule has 0 saturated carbocycles. The Morgan fingerprint density at radius 2 is 2.18 bits per heavy atom. The van der Waals surface area contributed by atoms with E-state index in [2.05, 4.69) is 31.0 Å². The molecule has 21 heteroatoms. The van der Waals surface area contributed by atoms with E-state index in [4.69, 9.17) is 20.4 Å². The van der Waals surface area contributed by atoms with Gasteiger partial charge in [-0.2, -0.15) is 0 Å². The summed E-state index contributed by atoms with van der Waals surface area (Å²) in [6, 6.07) is -1.06. The first-order valence-corrected chi connectivity index (χ1v) is 15.2. The predicted octanol–water partition coefficient (Wildman–Crippen LogP) is -1.32. The Morgan fingerprint density at radius 1 is 1.42 bits per heavy atom. The minimum Gasteiger partial charge on any atom is -0.477 e. The van der Waals surface area contributed by atoms with E-state index in [0.29, 0.717) is 10.7 Å². The number of fused-ring (bicyclic) bond motifs is 1. The predicted molar refractivity (Wildman–Crippen MR) is 135 cm³/mol. The zero-order valence-corrected chi connectivity index (χ0v) is 22.7. The molecule has 2 aromatic heterocycles. The molecule has 6 N–H and O–H groups in total. The third kappa shape index (κ3) is 6.16. The summed E-state index contributed by atoms with van der Waals surface area (Å²) >= 11 is 3.52. The van der Waals surface area contributed by atoms with Gasteiger partial charge in [0.1, 0.15) is 29.4 Å². The summed E-state index contributed by atoms with van der Waals surface area (Å²) in [7, 11) is -2.70. The number of hydrogen-bond acceptors (Lipinski definition) is 14. The molecule has 1 saturated heterocycles. The maximum absolute atomic E-state index is 13.0. The van der Waals surface area contributed by atoms with Crippen LogP contribution in [0.25, 0.3) is 0 Å². The number of tetrazole rings is 1. The van der Waals surface area contributed by atoms with Crippen LogP contribution in [0.3, 0.4) is 0 Å². The monoisotopic (exact) mass is 605 g/mol. The van der Waals surface area contributed by atoms with Gasteiger partial charge in [0.15, 0.2) is 10.8 Å². The van der Waals surface area contributed by atoms with Crippen LogP contribution in [-0.2, 0) is 30.8 Å². The van der Waals surface area contributed by atoms with Crippen LogP contribution in [0.2, 0.25) is 0 Å². The van der Waals surface area contributed by atoms with Crippen molar-refractivity contribution in [2.24, 2.45) is 12.2 Å². The Morgan fingerprint density at radius 3 is 2.79 bits per heavy atom. The quantitative estimate of drug-likeness (QED) is 0.0497. The number of nitrogen functional groups attached to an aromatic ring is 1. The number of oxime groups is 1. The minimum absolute atomic E-state index is 0.0322. The normalized spacial score (nSPS) is 19.7. The van der Waals surface area contributed by atoms with Crippen molar-refractivity contribution < 1.29 is 38.7 Å². The lowest BCUT2D eigenvalue weighted by molar-refractivity contribution is -0.150. The van der Waals surface area contributed by atoms with Crippen molar-refractivity contribution in [3.8, 4) is 0 Å². The Bertz CT molecular complexity index is 1370. The van der Waals surface area contributed by atoms with Gasteiger partial charge < -0.3 is 30.8 Å². The fraction of sp³-hybridized carbons (Fsp3) is 0.412. The summed E-state index contributed by atoms with van der Waals surface area (Å²) in [6.45, 7) is -0.479. The second kappa shape index (κ2) is 11.4. The first-order valence-electron chi connectivity index (χ1n) is 10.5. The number of carbonyl (C=O) groups excluding carboxylic acids is 2. The van der Waals surface area contributed by atoms with E-state index in [1.54, 1.807) is 7.05 Å². The Balaban J connectivity index is 1.47. The Labute approximate surface area is 226 Å². The average molecular weight is 606 g/mol. The molecule has 4 heterocycles. The number of thioether (sulfide) groups is 2. The number of carbonyl (C=O) groups is 3. The molecule has 0 bridgehead atoms. The third-order valence-corrected chi connectivity index (χ3v) is 8.98. The van der Waals surface area contributed by atoms with Crippen molar-refractivity contribution in [3.63, 3.8) is 0 Å². The van der Waals surface area contributed by atoms with Gasteiger partial charge in [-0.15, -0.1) is 28.2 Å². The van der Waals surface area contributed by atoms with Gasteiger partial charge in [0.05, 0.1) is 6.16 Å². The molecule has 4 rings (SSSR count). The highest BCUT2D eigenvalue weighted by Gasteiger charge is 2.54. The van der Waals surface area contributed by atoms with Crippen LogP contribution >= 0.6 is 42.5 Å². The van der Waals surface area contributed by atoms with Crippen LogP contribution in [0.5, 0.6) is 0 Å². The summed E-state index contributed by atoms with van der Waals surface area (Å²) in [4.78, 5) is 66.0. The summed E-state index contributed by atoms with van der Waals surface area (Å²) in [5, 5.41) is 28.5. The van der Waals surface area contributed by atoms with Crippen LogP contribution in [0.4, 0.5) is 5.13 Å². The number of carboxylic acid groups (broad SMARTS) is 1. The third-order valence-electron chi connectivity index (χ3n) is 5.10. The molecular weight excluding hydrogens is 585 g/mol. The molecule has 38 heavy (non-hydrogen) atoms. The summed E-state index contributed by atoms with van der Waals surface area (Å²) < 4.78 is 12.5. The minimum atomic E-state index is -4.35. The van der Waals surface area contributed by atoms with E-state index in [0.717, 1.165) is 16.2 Å². The Hall–Kier alpha value is -3.03. The summed E-state index contributed by atoms with van der Waals surface area (Å²) in [5.74, 6) is -2.24. The van der Waals surface area contributed by atoms with E-state index in [1.807, 2.05) is 0 Å². The van der Waals surface area contributed by atoms with Crippen LogP contribution < -0.4 is 11.1 Å². The molecule has 2 aromatic rings. The van der Waals surface area contributed by atoms with Gasteiger partial charge in [-0.3, -0.25) is 19.1 Å². The zero-order chi connectivity index (χ0) is 27.6. The van der Waals surface area contributed by atoms with Gasteiger partial charge in [0.25, 0.3) is 11.8 Å². The van der Waals surface area contributed by atoms with Crippen molar-refractivity contribution >= 4 is 71.1 Å². The maximum atomic E-state index is 13.0. The topological polar surface area (TPSA) is 248 Å². The lowest BCUT2D eigenvalue weighted by atomic mass is 10.0. The number of amides is 2. The number of β-lactam (4-membered cyclic amide) rings is 1. The van der Waals surface area contributed by atoms with Crippen molar-refractivity contribution in [1.82, 2.24) is 35.4 Å². The smallest absolute Gasteiger partial charge is 0.352 e. The van der Waals surface area contributed by atoms with Crippen LogP contribution in [0.1, 0.15) is 5.69 Å². The van der Waals surface area contributed by atoms with E-state index < -0.39 is 49.6 Å². The maximum Gasteiger partial charge on any atom is 0.352 e. The number of aromatic nitrogens is 5. The molecule has 2 aliphatic rings. The molecule has 1 unspecified atom stereocenters. The number of hydrogen-bond donors (Lipinski definition) is 5. The van der Waals surface area contributed by atoms with Crippen molar-refractivity contribution in [2.75, 3.05) is 30.0 Å². The second-order valence-electron chi connectivity index (χ2n) is 7.72. The highest BCUT2D eigenvalue weighted by Crippen LogP contribution is 2.41. The van der Waals surface area contributed by atoms with Gasteiger partial charge in [-0.1, -0.05) is 16.9 Å². The number of thiazole rings is 1. The largest absolute Gasteiger partial charge is 0.477 e. The van der Waals surface area contributed by atoms with Gasteiger partial charge in [0, 0.05) is 23.9 Å². The fourth-order valence-corrected chi connectivity index (χ4v) is 6.57. The molecule has 2 aliphatic heterocycles. The molecule has 0 aliphatic carbocycles. The number of nitrogens with two attached hydrogens (primary N) is 1. The van der Waals surface area contributed by atoms with E-state index >= 15 is 0 Å². The zero-order valence-electron chi connectivity index (χ0n) is 19.3. The van der Waals surface area contributed by atoms with Crippen LogP contribution in [0.15, 0.2) is 27.0 Å². The van der Waals surface area contributed by atoms with Crippen molar-refractivity contribution in [3.05, 3.63) is 22.3 Å². The number of anilines is 1. The standard InChI is InChI=1S/C17H20N9O8PS3/c1-25-17(21-23-24-25)38-5-7-4-36-14-10(13(28)26(14)11(7)15(29)30)20-12(27)9(8-6-37-16(18)19-8)22-34-2-3-35(31,32)33/h6,10,14H,2-5H2,1H3,(H2,18,19)(H,20,27)(H,29,30)(H2,31,32,33)/b22-9+/t10?,14-/m1/s1. The van der Waals surface area contributed by atoms with Gasteiger partial charge in [-0.05, 0) is 16.0 Å².